The van der Waals surface area contributed by atoms with Crippen molar-refractivity contribution in [3.63, 3.8) is 0 Å². The Balaban J connectivity index is 2.50. The van der Waals surface area contributed by atoms with Crippen molar-refractivity contribution in [2.24, 2.45) is 0 Å². The number of nitrogens with one attached hydrogen (secondary N) is 2. The first-order valence-electron chi connectivity index (χ1n) is 9.20. The number of amides is 2. The van der Waals surface area contributed by atoms with Gasteiger partial charge in [0.25, 0.3) is 11.8 Å². The van der Waals surface area contributed by atoms with E-state index in [-0.39, 0.29) is 11.6 Å². The lowest BCUT2D eigenvalue weighted by Gasteiger charge is -2.22. The molecule has 0 saturated heterocycles. The Morgan fingerprint density at radius 1 is 1.07 bits per heavy atom. The van der Waals surface area contributed by atoms with Crippen LogP contribution in [0.5, 0.6) is 0 Å². The van der Waals surface area contributed by atoms with Crippen LogP contribution in [-0.4, -0.2) is 28.1 Å². The average Bonchev–Trinajstić information content (AvgIpc) is 3.10. The van der Waals surface area contributed by atoms with Gasteiger partial charge in [0.15, 0.2) is 6.04 Å². The molecule has 10 heteroatoms. The molecular weight excluding hydrogens is 403 g/mol. The first-order valence-corrected chi connectivity index (χ1v) is 9.20. The molecule has 0 aliphatic rings. The minimum Gasteiger partial charge on any atom is -0.467 e. The van der Waals surface area contributed by atoms with E-state index in [1.54, 1.807) is 39.9 Å². The van der Waals surface area contributed by atoms with Gasteiger partial charge < -0.3 is 19.6 Å². The van der Waals surface area contributed by atoms with Crippen LogP contribution < -0.4 is 16.1 Å². The third kappa shape index (κ3) is 5.52. The Hall–Kier alpha value is -3.04. The summed E-state index contributed by atoms with van der Waals surface area (Å²) in [6, 6.07) is -0.387. The van der Waals surface area contributed by atoms with Crippen molar-refractivity contribution < 1.29 is 27.2 Å². The van der Waals surface area contributed by atoms with Gasteiger partial charge in [-0.2, -0.15) is 13.2 Å². The van der Waals surface area contributed by atoms with Gasteiger partial charge in [-0.3, -0.25) is 14.4 Å². The first kappa shape index (κ1) is 23.2. The fraction of sp³-hybridized carbons (Fsp3) is 0.450. The fourth-order valence-electron chi connectivity index (χ4n) is 2.61. The lowest BCUT2D eigenvalue weighted by Crippen LogP contribution is -2.44. The summed E-state index contributed by atoms with van der Waals surface area (Å²) in [5, 5.41) is 4.41. The smallest absolute Gasteiger partial charge is 0.415 e. The van der Waals surface area contributed by atoms with Crippen LogP contribution in [0, 0.1) is 0 Å². The highest BCUT2D eigenvalue weighted by Gasteiger charge is 2.44. The summed E-state index contributed by atoms with van der Waals surface area (Å²) in [5.41, 5.74) is -2.55. The second-order valence-electron chi connectivity index (χ2n) is 8.12. The van der Waals surface area contributed by atoms with Crippen molar-refractivity contribution in [2.75, 3.05) is 0 Å². The van der Waals surface area contributed by atoms with Crippen LogP contribution in [0.1, 0.15) is 73.2 Å². The van der Waals surface area contributed by atoms with Gasteiger partial charge in [-0.1, -0.05) is 0 Å². The van der Waals surface area contributed by atoms with Crippen LogP contribution in [0.4, 0.5) is 13.2 Å². The molecule has 0 spiro atoms. The molecule has 0 aliphatic carbocycles. The average molecular weight is 427 g/mol. The highest BCUT2D eigenvalue weighted by molar-refractivity contribution is 5.99. The third-order valence-corrected chi connectivity index (χ3v) is 4.05. The van der Waals surface area contributed by atoms with Crippen LogP contribution in [0.2, 0.25) is 0 Å². The molecule has 0 radical (unpaired) electrons. The zero-order chi connectivity index (χ0) is 22.9. The molecule has 1 atom stereocenters. The maximum Gasteiger partial charge on any atom is 0.415 e. The van der Waals surface area contributed by atoms with E-state index >= 15 is 0 Å². The van der Waals surface area contributed by atoms with Gasteiger partial charge in [-0.25, -0.2) is 0 Å². The lowest BCUT2D eigenvalue weighted by atomic mass is 10.1. The zero-order valence-corrected chi connectivity index (χ0v) is 17.3. The minimum absolute atomic E-state index is 0.262. The Morgan fingerprint density at radius 3 is 2.07 bits per heavy atom. The quantitative estimate of drug-likeness (QED) is 0.763. The van der Waals surface area contributed by atoms with Gasteiger partial charge in [0.05, 0.1) is 6.26 Å². The molecule has 30 heavy (non-hydrogen) atoms. The van der Waals surface area contributed by atoms with Gasteiger partial charge >= 0.3 is 6.18 Å². The maximum atomic E-state index is 13.4. The van der Waals surface area contributed by atoms with E-state index in [1.807, 2.05) is 0 Å². The Bertz CT molecular complexity index is 971. The van der Waals surface area contributed by atoms with E-state index in [0.717, 1.165) is 18.5 Å². The minimum atomic E-state index is -4.86. The van der Waals surface area contributed by atoms with E-state index in [4.69, 9.17) is 4.42 Å². The molecule has 0 aromatic carbocycles. The third-order valence-electron chi connectivity index (χ3n) is 4.05. The topological polar surface area (TPSA) is 93.3 Å². The van der Waals surface area contributed by atoms with Crippen molar-refractivity contribution in [1.29, 1.82) is 0 Å². The number of rotatable bonds is 5. The number of aromatic nitrogens is 1. The van der Waals surface area contributed by atoms with Gasteiger partial charge in [0.1, 0.15) is 16.9 Å². The standard InChI is InChI=1S/C20H24F3N3O4/c1-11(2)26-9-12(15(27)13(10-26)18(29)25-19(3,4)5)17(28)24-16(20(21,22)23)14-7-6-8-30-14/h6-11,16H,1-5H3,(H,24,28)(H,25,29). The predicted octanol–water partition coefficient (Wildman–Crippen LogP) is 3.58. The van der Waals surface area contributed by atoms with Crippen LogP contribution >= 0.6 is 0 Å². The van der Waals surface area contributed by atoms with Crippen LogP contribution in [0.3, 0.4) is 0 Å². The molecule has 2 rings (SSSR count). The number of alkyl halides is 3. The Labute approximate surface area is 171 Å². The van der Waals surface area contributed by atoms with E-state index in [9.17, 15) is 27.6 Å². The number of carbonyl (C=O) groups excluding carboxylic acids is 2. The highest BCUT2D eigenvalue weighted by atomic mass is 19.4. The molecule has 164 valence electrons. The number of furan rings is 1. The largest absolute Gasteiger partial charge is 0.467 e. The monoisotopic (exact) mass is 427 g/mol. The molecule has 0 bridgehead atoms. The molecule has 2 heterocycles. The molecule has 2 amide bonds. The molecule has 0 saturated carbocycles. The number of halogens is 3. The molecule has 2 N–H and O–H groups in total. The number of nitrogens with zero attached hydrogens (tertiary/aromatic N) is 1. The number of hydrogen-bond donors (Lipinski definition) is 2. The van der Waals surface area contributed by atoms with Gasteiger partial charge in [-0.15, -0.1) is 0 Å². The summed E-state index contributed by atoms with van der Waals surface area (Å²) >= 11 is 0. The summed E-state index contributed by atoms with van der Waals surface area (Å²) in [6.07, 6.45) is -1.40. The zero-order valence-electron chi connectivity index (χ0n) is 17.3. The molecule has 0 aliphatic heterocycles. The SMILES string of the molecule is CC(C)n1cc(C(=O)NC(c2ccco2)C(F)(F)F)c(=O)c(C(=O)NC(C)(C)C)c1. The van der Waals surface area contributed by atoms with Crippen molar-refractivity contribution in [3.05, 3.63) is 57.9 Å². The number of carbonyl (C=O) groups is 2. The molecule has 7 nitrogen and oxygen atoms in total. The Morgan fingerprint density at radius 2 is 1.63 bits per heavy atom. The first-order chi connectivity index (χ1) is 13.7. The summed E-state index contributed by atoms with van der Waals surface area (Å²) in [6.45, 7) is 8.59. The van der Waals surface area contributed by atoms with Crippen molar-refractivity contribution in [3.8, 4) is 0 Å². The summed E-state index contributed by atoms with van der Waals surface area (Å²) in [4.78, 5) is 38.0. The molecule has 0 fully saturated rings. The van der Waals surface area contributed by atoms with Crippen molar-refractivity contribution in [2.45, 2.75) is 58.4 Å². The van der Waals surface area contributed by atoms with Crippen molar-refractivity contribution in [1.82, 2.24) is 15.2 Å². The van der Waals surface area contributed by atoms with Crippen LogP contribution in [0.15, 0.2) is 40.0 Å². The fourth-order valence-corrected chi connectivity index (χ4v) is 2.61. The second-order valence-corrected chi connectivity index (χ2v) is 8.12. The van der Waals surface area contributed by atoms with E-state index < -0.39 is 46.3 Å². The Kier molecular flexibility index (Phi) is 6.48. The summed E-state index contributed by atoms with van der Waals surface area (Å²) < 4.78 is 46.5. The lowest BCUT2D eigenvalue weighted by molar-refractivity contribution is -0.159. The summed E-state index contributed by atoms with van der Waals surface area (Å²) in [5.74, 6) is -2.52. The van der Waals surface area contributed by atoms with Crippen LogP contribution in [0.25, 0.3) is 0 Å². The molecule has 2 aromatic rings. The van der Waals surface area contributed by atoms with Gasteiger partial charge in [0.2, 0.25) is 5.43 Å². The maximum absolute atomic E-state index is 13.4. The second kappa shape index (κ2) is 8.37. The molecular formula is C20H24F3N3O4. The summed E-state index contributed by atoms with van der Waals surface area (Å²) in [7, 11) is 0. The van der Waals surface area contributed by atoms with Gasteiger partial charge in [-0.05, 0) is 46.8 Å². The van der Waals surface area contributed by atoms with E-state index in [1.165, 1.54) is 16.8 Å². The molecule has 2 aromatic heterocycles. The van der Waals surface area contributed by atoms with E-state index in [2.05, 4.69) is 5.32 Å². The van der Waals surface area contributed by atoms with Crippen molar-refractivity contribution >= 4 is 11.8 Å². The van der Waals surface area contributed by atoms with E-state index in [0.29, 0.717) is 0 Å². The number of hydrogen-bond acceptors (Lipinski definition) is 4. The predicted molar refractivity (Wildman–Crippen MR) is 103 cm³/mol. The highest BCUT2D eigenvalue weighted by Crippen LogP contribution is 2.33. The normalized spacial score (nSPS) is 13.2. The number of pyridine rings is 1. The van der Waals surface area contributed by atoms with Crippen LogP contribution in [-0.2, 0) is 0 Å². The van der Waals surface area contributed by atoms with Gasteiger partial charge in [0, 0.05) is 24.0 Å². The molecule has 1 unspecified atom stereocenters.